The summed E-state index contributed by atoms with van der Waals surface area (Å²) >= 11 is 0. The van der Waals surface area contributed by atoms with Gasteiger partial charge in [0.25, 0.3) is 5.91 Å². The van der Waals surface area contributed by atoms with Gasteiger partial charge in [0.15, 0.2) is 6.61 Å². The second-order valence-corrected chi connectivity index (χ2v) is 7.59. The summed E-state index contributed by atoms with van der Waals surface area (Å²) in [6, 6.07) is 24.0. The molecule has 5 heteroatoms. The molecule has 0 radical (unpaired) electrons. The fourth-order valence-corrected chi connectivity index (χ4v) is 3.23. The van der Waals surface area contributed by atoms with E-state index in [0.29, 0.717) is 5.75 Å². The van der Waals surface area contributed by atoms with E-state index in [0.717, 1.165) is 16.7 Å². The van der Waals surface area contributed by atoms with E-state index in [1.165, 1.54) is 5.56 Å². The van der Waals surface area contributed by atoms with Crippen LogP contribution in [0.1, 0.15) is 35.2 Å². The lowest BCUT2D eigenvalue weighted by Crippen LogP contribution is -2.47. The molecule has 3 rings (SSSR count). The van der Waals surface area contributed by atoms with Gasteiger partial charge in [-0.15, -0.1) is 0 Å². The fraction of sp³-hybridized carbons (Fsp3) is 0.231. The molecule has 0 unspecified atom stereocenters. The zero-order valence-electron chi connectivity index (χ0n) is 18.1. The molecule has 0 aliphatic rings. The van der Waals surface area contributed by atoms with Crippen LogP contribution in [-0.4, -0.2) is 24.5 Å². The Morgan fingerprint density at radius 2 is 1.45 bits per heavy atom. The number of hydrogen-bond donors (Lipinski definition) is 2. The summed E-state index contributed by atoms with van der Waals surface area (Å²) in [4.78, 5) is 25.1. The molecule has 0 aromatic heterocycles. The van der Waals surface area contributed by atoms with Gasteiger partial charge in [-0.25, -0.2) is 0 Å². The number of rotatable bonds is 8. The Kier molecular flexibility index (Phi) is 7.44. The molecule has 160 valence electrons. The van der Waals surface area contributed by atoms with E-state index >= 15 is 0 Å². The highest BCUT2D eigenvalue weighted by Crippen LogP contribution is 2.24. The number of nitrogens with one attached hydrogen (secondary N) is 2. The molecule has 0 fully saturated rings. The van der Waals surface area contributed by atoms with E-state index in [-0.39, 0.29) is 24.5 Å². The van der Waals surface area contributed by atoms with Crippen molar-refractivity contribution in [2.24, 2.45) is 0 Å². The van der Waals surface area contributed by atoms with Crippen LogP contribution in [0.5, 0.6) is 5.75 Å². The number of carbonyl (C=O) groups is 2. The maximum Gasteiger partial charge on any atom is 0.258 e. The van der Waals surface area contributed by atoms with Crippen molar-refractivity contribution in [1.29, 1.82) is 0 Å². The molecule has 0 saturated heterocycles. The van der Waals surface area contributed by atoms with E-state index in [4.69, 9.17) is 4.74 Å². The molecule has 0 saturated carbocycles. The number of amides is 2. The summed E-state index contributed by atoms with van der Waals surface area (Å²) in [6.07, 6.45) is 0. The molecule has 2 amide bonds. The van der Waals surface area contributed by atoms with Crippen molar-refractivity contribution in [2.75, 3.05) is 6.61 Å². The average molecular weight is 417 g/mol. The topological polar surface area (TPSA) is 67.4 Å². The average Bonchev–Trinajstić information content (AvgIpc) is 2.79. The number of ether oxygens (including phenoxy) is 1. The van der Waals surface area contributed by atoms with Crippen LogP contribution < -0.4 is 15.4 Å². The van der Waals surface area contributed by atoms with Crippen LogP contribution >= 0.6 is 0 Å². The van der Waals surface area contributed by atoms with Crippen molar-refractivity contribution in [3.05, 3.63) is 101 Å². The fourth-order valence-electron chi connectivity index (χ4n) is 3.23. The summed E-state index contributed by atoms with van der Waals surface area (Å²) < 4.78 is 5.45. The molecule has 31 heavy (non-hydrogen) atoms. The van der Waals surface area contributed by atoms with Gasteiger partial charge in [-0.2, -0.15) is 0 Å². The number of para-hydroxylation sites is 1. The molecule has 3 aromatic rings. The summed E-state index contributed by atoms with van der Waals surface area (Å²) in [5.74, 6) is -0.0114. The first-order chi connectivity index (χ1) is 14.9. The van der Waals surface area contributed by atoms with Gasteiger partial charge >= 0.3 is 0 Å². The third-order valence-electron chi connectivity index (χ3n) is 5.17. The van der Waals surface area contributed by atoms with Gasteiger partial charge in [0.05, 0.1) is 6.04 Å². The molecule has 2 atom stereocenters. The quantitative estimate of drug-likeness (QED) is 0.581. The van der Waals surface area contributed by atoms with Gasteiger partial charge in [-0.05, 0) is 55.2 Å². The Labute approximate surface area is 183 Å². The van der Waals surface area contributed by atoms with E-state index in [1.807, 2.05) is 54.6 Å². The zero-order valence-corrected chi connectivity index (χ0v) is 18.1. The minimum atomic E-state index is -0.704. The molecule has 0 bridgehead atoms. The van der Waals surface area contributed by atoms with Crippen LogP contribution in [0.25, 0.3) is 0 Å². The third kappa shape index (κ3) is 6.19. The van der Waals surface area contributed by atoms with E-state index in [2.05, 4.69) is 36.6 Å². The number of carbonyl (C=O) groups excluding carboxylic acids is 2. The molecule has 0 spiro atoms. The van der Waals surface area contributed by atoms with Gasteiger partial charge < -0.3 is 15.4 Å². The number of aryl methyl sites for hydroxylation is 2. The third-order valence-corrected chi connectivity index (χ3v) is 5.17. The molecule has 5 nitrogen and oxygen atoms in total. The smallest absolute Gasteiger partial charge is 0.258 e. The monoisotopic (exact) mass is 416 g/mol. The van der Waals surface area contributed by atoms with Gasteiger partial charge in [-0.3, -0.25) is 9.59 Å². The van der Waals surface area contributed by atoms with Crippen LogP contribution in [0.4, 0.5) is 0 Å². The Morgan fingerprint density at radius 1 is 0.806 bits per heavy atom. The molecule has 0 aliphatic carbocycles. The first-order valence-corrected chi connectivity index (χ1v) is 10.3. The highest BCUT2D eigenvalue weighted by Gasteiger charge is 2.22. The van der Waals surface area contributed by atoms with Crippen molar-refractivity contribution in [3.8, 4) is 5.75 Å². The van der Waals surface area contributed by atoms with Crippen molar-refractivity contribution in [3.63, 3.8) is 0 Å². The maximum absolute atomic E-state index is 12.9. The Hall–Kier alpha value is -3.60. The second kappa shape index (κ2) is 10.4. The normalized spacial score (nSPS) is 12.5. The SMILES string of the molecule is Cc1ccc([C@@H](NC(=O)[C@H](C)NC(=O)COc2ccccc2)c2ccccc2)cc1C. The van der Waals surface area contributed by atoms with E-state index in [1.54, 1.807) is 19.1 Å². The lowest BCUT2D eigenvalue weighted by atomic mass is 9.95. The number of benzene rings is 3. The van der Waals surface area contributed by atoms with Crippen molar-refractivity contribution >= 4 is 11.8 Å². The zero-order chi connectivity index (χ0) is 22.2. The van der Waals surface area contributed by atoms with Crippen LogP contribution in [0.3, 0.4) is 0 Å². The first kappa shape index (κ1) is 22.1. The molecule has 0 heterocycles. The Bertz CT molecular complexity index is 1020. The van der Waals surface area contributed by atoms with Crippen LogP contribution in [0, 0.1) is 13.8 Å². The minimum absolute atomic E-state index is 0.152. The van der Waals surface area contributed by atoms with Crippen molar-refractivity contribution in [1.82, 2.24) is 10.6 Å². The van der Waals surface area contributed by atoms with Gasteiger partial charge in [0, 0.05) is 0 Å². The standard InChI is InChI=1S/C26H28N2O3/c1-18-14-15-22(16-19(18)2)25(21-10-6-4-7-11-21)28-26(30)20(3)27-24(29)17-31-23-12-8-5-9-13-23/h4-16,20,25H,17H2,1-3H3,(H,27,29)(H,28,30)/t20-,25-/m0/s1. The van der Waals surface area contributed by atoms with Gasteiger partial charge in [0.1, 0.15) is 11.8 Å². The summed E-state index contributed by atoms with van der Waals surface area (Å²) in [5, 5.41) is 5.78. The second-order valence-electron chi connectivity index (χ2n) is 7.59. The van der Waals surface area contributed by atoms with Crippen molar-refractivity contribution in [2.45, 2.75) is 32.9 Å². The highest BCUT2D eigenvalue weighted by atomic mass is 16.5. The van der Waals surface area contributed by atoms with Crippen LogP contribution in [0.2, 0.25) is 0 Å². The van der Waals surface area contributed by atoms with E-state index < -0.39 is 6.04 Å². The van der Waals surface area contributed by atoms with Gasteiger partial charge in [0.2, 0.25) is 5.91 Å². The Morgan fingerprint density at radius 3 is 2.10 bits per heavy atom. The number of hydrogen-bond acceptors (Lipinski definition) is 3. The molecular weight excluding hydrogens is 388 g/mol. The lowest BCUT2D eigenvalue weighted by Gasteiger charge is -2.23. The van der Waals surface area contributed by atoms with Gasteiger partial charge in [-0.1, -0.05) is 66.7 Å². The first-order valence-electron chi connectivity index (χ1n) is 10.3. The van der Waals surface area contributed by atoms with E-state index in [9.17, 15) is 9.59 Å². The lowest BCUT2D eigenvalue weighted by molar-refractivity contribution is -0.129. The predicted molar refractivity (Wildman–Crippen MR) is 122 cm³/mol. The molecular formula is C26H28N2O3. The largest absolute Gasteiger partial charge is 0.484 e. The molecule has 0 aliphatic heterocycles. The summed E-state index contributed by atoms with van der Waals surface area (Å²) in [6.45, 7) is 5.63. The van der Waals surface area contributed by atoms with Crippen LogP contribution in [0.15, 0.2) is 78.9 Å². The highest BCUT2D eigenvalue weighted by molar-refractivity contribution is 5.88. The maximum atomic E-state index is 12.9. The predicted octanol–water partition coefficient (Wildman–Crippen LogP) is 4.09. The molecule has 3 aromatic carbocycles. The summed E-state index contributed by atoms with van der Waals surface area (Å²) in [7, 11) is 0. The van der Waals surface area contributed by atoms with Crippen molar-refractivity contribution < 1.29 is 14.3 Å². The summed E-state index contributed by atoms with van der Waals surface area (Å²) in [5.41, 5.74) is 4.33. The molecule has 2 N–H and O–H groups in total. The minimum Gasteiger partial charge on any atom is -0.484 e. The van der Waals surface area contributed by atoms with Crippen LogP contribution in [-0.2, 0) is 9.59 Å². The Balaban J connectivity index is 1.66.